The highest BCUT2D eigenvalue weighted by atomic mass is 16.5. The molecule has 0 bridgehead atoms. The number of hydrogen-bond donors (Lipinski definition) is 1. The van der Waals surface area contributed by atoms with Crippen LogP contribution in [0.3, 0.4) is 0 Å². The van der Waals surface area contributed by atoms with Gasteiger partial charge >= 0.3 is 5.97 Å². The summed E-state index contributed by atoms with van der Waals surface area (Å²) in [5, 5.41) is 11.5. The predicted molar refractivity (Wildman–Crippen MR) is 141 cm³/mol. The number of amides is 1. The molecular weight excluding hydrogens is 470 g/mol. The first kappa shape index (κ1) is 25.7. The van der Waals surface area contributed by atoms with Crippen LogP contribution < -0.4 is 9.64 Å². The fourth-order valence-corrected chi connectivity index (χ4v) is 4.63. The minimum absolute atomic E-state index is 0.0362. The molecule has 190 valence electrons. The number of aliphatic hydroxyl groups is 1. The molecule has 0 aromatic heterocycles. The van der Waals surface area contributed by atoms with E-state index >= 15 is 0 Å². The summed E-state index contributed by atoms with van der Waals surface area (Å²) in [5.74, 6) is -1.93. The number of aryl methyl sites for hydroxylation is 2. The second-order valence-electron chi connectivity index (χ2n) is 8.93. The van der Waals surface area contributed by atoms with E-state index in [1.807, 2.05) is 32.9 Å². The number of ether oxygens (including phenoxy) is 2. The van der Waals surface area contributed by atoms with Crippen LogP contribution in [0, 0.1) is 13.8 Å². The number of nitrogens with zero attached hydrogens (tertiary/aromatic N) is 1. The maximum absolute atomic E-state index is 13.4. The van der Waals surface area contributed by atoms with Crippen molar-refractivity contribution in [2.24, 2.45) is 0 Å². The number of anilines is 1. The fraction of sp³-hybridized carbons (Fsp3) is 0.233. The van der Waals surface area contributed by atoms with Crippen LogP contribution in [-0.4, -0.2) is 36.5 Å². The van der Waals surface area contributed by atoms with Gasteiger partial charge in [0.15, 0.2) is 0 Å². The van der Waals surface area contributed by atoms with E-state index in [4.69, 9.17) is 9.47 Å². The quantitative estimate of drug-likeness (QED) is 0.200. The summed E-state index contributed by atoms with van der Waals surface area (Å²) in [6.45, 7) is 5.95. The first-order valence-corrected chi connectivity index (χ1v) is 12.1. The summed E-state index contributed by atoms with van der Waals surface area (Å²) >= 11 is 0. The molecule has 3 aromatic rings. The van der Waals surface area contributed by atoms with E-state index in [1.165, 1.54) is 12.0 Å². The van der Waals surface area contributed by atoms with Crippen molar-refractivity contribution in [2.75, 3.05) is 18.6 Å². The molecule has 1 aliphatic rings. The minimum Gasteiger partial charge on any atom is -0.507 e. The van der Waals surface area contributed by atoms with Crippen molar-refractivity contribution >= 4 is 29.1 Å². The van der Waals surface area contributed by atoms with Crippen molar-refractivity contribution in [2.45, 2.75) is 33.2 Å². The monoisotopic (exact) mass is 499 g/mol. The third-order valence-corrected chi connectivity index (χ3v) is 6.26. The molecule has 0 spiro atoms. The van der Waals surface area contributed by atoms with Crippen molar-refractivity contribution < 1.29 is 29.0 Å². The number of esters is 1. The third-order valence-electron chi connectivity index (χ3n) is 6.26. The molecule has 0 aliphatic carbocycles. The Morgan fingerprint density at radius 2 is 1.68 bits per heavy atom. The largest absolute Gasteiger partial charge is 0.507 e. The summed E-state index contributed by atoms with van der Waals surface area (Å²) in [6, 6.07) is 18.1. The van der Waals surface area contributed by atoms with Crippen molar-refractivity contribution in [1.29, 1.82) is 0 Å². The zero-order chi connectivity index (χ0) is 26.7. The minimum atomic E-state index is -0.885. The first-order chi connectivity index (χ1) is 17.8. The zero-order valence-corrected chi connectivity index (χ0v) is 21.3. The SMILES string of the molecule is CCCOC(=O)c1ccc(N2C(=O)C(=O)/C(=C(/O)c3cc(C)cc(C)c3OC)C2c2ccccc2)cc1. The molecule has 1 aliphatic heterocycles. The standard InChI is InChI=1S/C30H29NO6/c1-5-15-37-30(35)21-11-13-22(14-12-21)31-25(20-9-7-6-8-10-20)24(27(33)29(31)34)26(32)23-17-18(2)16-19(3)28(23)36-4/h6-14,16-17,25,32H,5,15H2,1-4H3/b26-24+. The number of methoxy groups -OCH3 is 1. The number of Topliss-reactive ketones (excluding diaryl/α,β-unsaturated/α-hetero) is 1. The Labute approximate surface area is 215 Å². The van der Waals surface area contributed by atoms with E-state index in [1.54, 1.807) is 54.6 Å². The van der Waals surface area contributed by atoms with Gasteiger partial charge in [-0.05, 0) is 67.3 Å². The second-order valence-corrected chi connectivity index (χ2v) is 8.93. The van der Waals surface area contributed by atoms with Crippen LogP contribution >= 0.6 is 0 Å². The lowest BCUT2D eigenvalue weighted by Crippen LogP contribution is -2.29. The highest BCUT2D eigenvalue weighted by molar-refractivity contribution is 6.51. The van der Waals surface area contributed by atoms with Crippen LogP contribution in [0.1, 0.15) is 52.0 Å². The Bertz CT molecular complexity index is 1380. The van der Waals surface area contributed by atoms with E-state index in [0.717, 1.165) is 11.1 Å². The molecule has 1 amide bonds. The molecule has 1 atom stereocenters. The molecular formula is C30H29NO6. The molecule has 1 N–H and O–H groups in total. The lowest BCUT2D eigenvalue weighted by molar-refractivity contribution is -0.132. The summed E-state index contributed by atoms with van der Waals surface area (Å²) in [5.41, 5.74) is 3.37. The van der Waals surface area contributed by atoms with E-state index in [2.05, 4.69) is 0 Å². The highest BCUT2D eigenvalue weighted by Crippen LogP contribution is 2.43. The van der Waals surface area contributed by atoms with Gasteiger partial charge in [-0.15, -0.1) is 0 Å². The Morgan fingerprint density at radius 3 is 2.30 bits per heavy atom. The van der Waals surface area contributed by atoms with Crippen LogP contribution in [0.5, 0.6) is 5.75 Å². The van der Waals surface area contributed by atoms with Gasteiger partial charge in [-0.3, -0.25) is 14.5 Å². The molecule has 0 radical (unpaired) electrons. The zero-order valence-electron chi connectivity index (χ0n) is 21.3. The van der Waals surface area contributed by atoms with E-state index < -0.39 is 23.7 Å². The highest BCUT2D eigenvalue weighted by Gasteiger charge is 2.47. The third kappa shape index (κ3) is 4.85. The Balaban J connectivity index is 1.87. The van der Waals surface area contributed by atoms with Crippen molar-refractivity contribution in [1.82, 2.24) is 0 Å². The van der Waals surface area contributed by atoms with Crippen LogP contribution in [0.15, 0.2) is 72.3 Å². The Hall–Kier alpha value is -4.39. The summed E-state index contributed by atoms with van der Waals surface area (Å²) < 4.78 is 10.7. The number of benzene rings is 3. The van der Waals surface area contributed by atoms with Crippen LogP contribution in [0.2, 0.25) is 0 Å². The van der Waals surface area contributed by atoms with Gasteiger partial charge in [0.05, 0.1) is 36.5 Å². The molecule has 37 heavy (non-hydrogen) atoms. The molecule has 7 nitrogen and oxygen atoms in total. The lowest BCUT2D eigenvalue weighted by atomic mass is 9.93. The average molecular weight is 500 g/mol. The molecule has 0 saturated carbocycles. The number of carbonyl (C=O) groups excluding carboxylic acids is 3. The van der Waals surface area contributed by atoms with Gasteiger partial charge in [-0.25, -0.2) is 4.79 Å². The number of hydrogen-bond acceptors (Lipinski definition) is 6. The smallest absolute Gasteiger partial charge is 0.338 e. The molecule has 1 saturated heterocycles. The van der Waals surface area contributed by atoms with Gasteiger partial charge in [0.1, 0.15) is 11.5 Å². The molecule has 7 heteroatoms. The average Bonchev–Trinajstić information content (AvgIpc) is 3.17. The molecule has 4 rings (SSSR count). The number of ketones is 1. The summed E-state index contributed by atoms with van der Waals surface area (Å²) in [4.78, 5) is 40.4. The van der Waals surface area contributed by atoms with Crippen LogP contribution in [-0.2, 0) is 14.3 Å². The van der Waals surface area contributed by atoms with Crippen molar-refractivity contribution in [3.8, 4) is 5.75 Å². The summed E-state index contributed by atoms with van der Waals surface area (Å²) in [6.07, 6.45) is 0.705. The topological polar surface area (TPSA) is 93.1 Å². The van der Waals surface area contributed by atoms with Gasteiger partial charge in [0.2, 0.25) is 0 Å². The number of rotatable bonds is 7. The predicted octanol–water partition coefficient (Wildman–Crippen LogP) is 5.51. The second kappa shape index (κ2) is 10.7. The van der Waals surface area contributed by atoms with Gasteiger partial charge in [-0.1, -0.05) is 43.3 Å². The van der Waals surface area contributed by atoms with E-state index in [9.17, 15) is 19.5 Å². The lowest BCUT2D eigenvalue weighted by Gasteiger charge is -2.26. The number of aliphatic hydroxyl groups excluding tert-OH is 1. The summed E-state index contributed by atoms with van der Waals surface area (Å²) in [7, 11) is 1.49. The molecule has 1 fully saturated rings. The fourth-order valence-electron chi connectivity index (χ4n) is 4.63. The Kier molecular flexibility index (Phi) is 7.43. The molecule has 1 unspecified atom stereocenters. The maximum atomic E-state index is 13.4. The Morgan fingerprint density at radius 1 is 1.00 bits per heavy atom. The van der Waals surface area contributed by atoms with Gasteiger partial charge < -0.3 is 14.6 Å². The van der Waals surface area contributed by atoms with Gasteiger partial charge in [0, 0.05) is 5.69 Å². The normalized spacial score (nSPS) is 16.6. The van der Waals surface area contributed by atoms with Gasteiger partial charge in [0.25, 0.3) is 11.7 Å². The van der Waals surface area contributed by atoms with Crippen molar-refractivity contribution in [3.05, 3.63) is 100 Å². The number of carbonyl (C=O) groups is 3. The van der Waals surface area contributed by atoms with E-state index in [-0.39, 0.29) is 11.3 Å². The first-order valence-electron chi connectivity index (χ1n) is 12.1. The van der Waals surface area contributed by atoms with Crippen LogP contribution in [0.4, 0.5) is 5.69 Å². The molecule has 3 aromatic carbocycles. The van der Waals surface area contributed by atoms with Crippen molar-refractivity contribution in [3.63, 3.8) is 0 Å². The van der Waals surface area contributed by atoms with Gasteiger partial charge in [-0.2, -0.15) is 0 Å². The maximum Gasteiger partial charge on any atom is 0.338 e. The van der Waals surface area contributed by atoms with Crippen LogP contribution in [0.25, 0.3) is 5.76 Å². The molecule has 1 heterocycles. The van der Waals surface area contributed by atoms with E-state index in [0.29, 0.717) is 41.2 Å².